The van der Waals surface area contributed by atoms with E-state index in [1.165, 1.54) is 40.2 Å². The molecule has 0 radical (unpaired) electrons. The number of nitro groups is 1. The van der Waals surface area contributed by atoms with E-state index in [0.29, 0.717) is 23.6 Å². The Morgan fingerprint density at radius 2 is 1.98 bits per heavy atom. The Bertz CT molecular complexity index is 1920. The molecule has 0 spiro atoms. The number of aromatic amines is 1. The fourth-order valence-corrected chi connectivity index (χ4v) is 6.25. The molecule has 0 bridgehead atoms. The molecule has 13 nitrogen and oxygen atoms in total. The quantitative estimate of drug-likeness (QED) is 0.108. The first kappa shape index (κ1) is 28.1. The van der Waals surface area contributed by atoms with Crippen LogP contribution in [0.1, 0.15) is 22.9 Å². The zero-order valence-electron chi connectivity index (χ0n) is 22.8. The molecule has 5 aromatic rings. The van der Waals surface area contributed by atoms with Crippen molar-refractivity contribution in [3.8, 4) is 17.2 Å². The number of hydrogen-bond donors (Lipinski definition) is 1. The molecule has 43 heavy (non-hydrogen) atoms. The number of para-hydroxylation sites is 1. The number of methoxy groups -OCH3 is 2. The second-order valence-corrected chi connectivity index (χ2v) is 11.2. The average molecular weight is 618 g/mol. The normalized spacial score (nSPS) is 14.6. The fourth-order valence-electron chi connectivity index (χ4n) is 4.82. The third-order valence-electron chi connectivity index (χ3n) is 6.82. The van der Waals surface area contributed by atoms with Crippen LogP contribution in [0, 0.1) is 10.1 Å². The predicted molar refractivity (Wildman–Crippen MR) is 161 cm³/mol. The topological polar surface area (TPSA) is 158 Å². The van der Waals surface area contributed by atoms with E-state index in [1.54, 1.807) is 31.6 Å². The number of rotatable bonds is 9. The number of thiophene rings is 1. The fraction of sp³-hybridized carbons (Fsp3) is 0.179. The maximum Gasteiger partial charge on any atom is 0.269 e. The number of nitrogens with zero attached hydrogens (tertiary/aromatic N) is 6. The number of ether oxygens (including phenoxy) is 2. The van der Waals surface area contributed by atoms with E-state index in [1.807, 2.05) is 29.6 Å². The van der Waals surface area contributed by atoms with Crippen molar-refractivity contribution in [1.29, 1.82) is 0 Å². The van der Waals surface area contributed by atoms with Gasteiger partial charge in [-0.05, 0) is 29.6 Å². The van der Waals surface area contributed by atoms with Crippen molar-refractivity contribution in [3.63, 3.8) is 0 Å². The van der Waals surface area contributed by atoms with Gasteiger partial charge in [0.25, 0.3) is 17.2 Å². The van der Waals surface area contributed by atoms with E-state index in [9.17, 15) is 19.7 Å². The first-order chi connectivity index (χ1) is 20.9. The minimum absolute atomic E-state index is 0.0654. The molecule has 1 aliphatic heterocycles. The number of benzene rings is 2. The van der Waals surface area contributed by atoms with E-state index < -0.39 is 16.5 Å². The minimum Gasteiger partial charge on any atom is -0.493 e. The lowest BCUT2D eigenvalue weighted by Gasteiger charge is -2.24. The van der Waals surface area contributed by atoms with Crippen molar-refractivity contribution in [2.75, 3.05) is 20.0 Å². The number of carbonyl (C=O) groups excluding carboxylic acids is 1. The number of non-ortho nitro benzene ring substituents is 1. The Hall–Kier alpha value is -5.02. The van der Waals surface area contributed by atoms with Gasteiger partial charge < -0.3 is 14.5 Å². The monoisotopic (exact) mass is 617 g/mol. The van der Waals surface area contributed by atoms with Gasteiger partial charge in [-0.25, -0.2) is 14.7 Å². The molecule has 1 unspecified atom stereocenters. The van der Waals surface area contributed by atoms with Crippen LogP contribution in [0.2, 0.25) is 0 Å². The lowest BCUT2D eigenvalue weighted by atomic mass is 9.99. The third-order valence-corrected chi connectivity index (χ3v) is 8.59. The molecule has 1 atom stereocenters. The van der Waals surface area contributed by atoms with E-state index in [2.05, 4.69) is 15.1 Å². The lowest BCUT2D eigenvalue weighted by molar-refractivity contribution is -0.384. The maximum absolute atomic E-state index is 13.7. The molecule has 0 aliphatic carbocycles. The van der Waals surface area contributed by atoms with Gasteiger partial charge in [0.2, 0.25) is 0 Å². The van der Waals surface area contributed by atoms with Crippen LogP contribution >= 0.6 is 23.1 Å². The molecule has 15 heteroatoms. The van der Waals surface area contributed by atoms with Crippen LogP contribution in [0.25, 0.3) is 16.7 Å². The van der Waals surface area contributed by atoms with Gasteiger partial charge in [0.05, 0.1) is 53.4 Å². The summed E-state index contributed by atoms with van der Waals surface area (Å²) in [5.74, 6) is 0.715. The summed E-state index contributed by atoms with van der Waals surface area (Å²) in [4.78, 5) is 45.3. The highest BCUT2D eigenvalue weighted by Crippen LogP contribution is 2.42. The highest BCUT2D eigenvalue weighted by molar-refractivity contribution is 7.99. The number of nitro benzene ring substituents is 1. The second kappa shape index (κ2) is 11.7. The molecular weight excluding hydrogens is 594 g/mol. The number of thioether (sulfide) groups is 1. The van der Waals surface area contributed by atoms with Crippen LogP contribution in [0.15, 0.2) is 81.2 Å². The van der Waals surface area contributed by atoms with Gasteiger partial charge in [0, 0.05) is 24.1 Å². The summed E-state index contributed by atoms with van der Waals surface area (Å²) in [6.45, 7) is 0. The van der Waals surface area contributed by atoms with Crippen LogP contribution in [0.5, 0.6) is 11.5 Å². The SMILES string of the molecule is COc1cccc(C2CC(c3cccs3)=NN2C(=O)CSc2nc3c(cnn3-c3ccc([N+](=O)[O-])cc3)c(=O)[nH]2)c1OC. The maximum atomic E-state index is 13.7. The third kappa shape index (κ3) is 5.35. The van der Waals surface area contributed by atoms with E-state index in [0.717, 1.165) is 27.9 Å². The molecule has 3 aromatic heterocycles. The van der Waals surface area contributed by atoms with Crippen molar-refractivity contribution in [3.05, 3.63) is 97.1 Å². The zero-order chi connectivity index (χ0) is 30.1. The van der Waals surface area contributed by atoms with Gasteiger partial charge in [-0.1, -0.05) is 30.0 Å². The molecule has 2 aromatic carbocycles. The van der Waals surface area contributed by atoms with Gasteiger partial charge in [-0.15, -0.1) is 11.3 Å². The van der Waals surface area contributed by atoms with Crippen molar-refractivity contribution in [2.45, 2.75) is 17.6 Å². The number of hydrogen-bond acceptors (Lipinski definition) is 11. The van der Waals surface area contributed by atoms with E-state index >= 15 is 0 Å². The molecule has 0 saturated heterocycles. The number of H-pyrrole nitrogens is 1. The number of carbonyl (C=O) groups is 1. The highest BCUT2D eigenvalue weighted by atomic mass is 32.2. The summed E-state index contributed by atoms with van der Waals surface area (Å²) in [5.41, 5.74) is 1.79. The molecule has 1 N–H and O–H groups in total. The Morgan fingerprint density at radius 3 is 2.67 bits per heavy atom. The zero-order valence-corrected chi connectivity index (χ0v) is 24.4. The van der Waals surface area contributed by atoms with Gasteiger partial charge in [0.1, 0.15) is 5.39 Å². The largest absolute Gasteiger partial charge is 0.493 e. The second-order valence-electron chi connectivity index (χ2n) is 9.29. The highest BCUT2D eigenvalue weighted by Gasteiger charge is 2.36. The number of hydrazone groups is 1. The van der Waals surface area contributed by atoms with Crippen LogP contribution in [-0.2, 0) is 4.79 Å². The van der Waals surface area contributed by atoms with Crippen LogP contribution in [-0.4, -0.2) is 61.3 Å². The smallest absolute Gasteiger partial charge is 0.269 e. The van der Waals surface area contributed by atoms with Gasteiger partial charge >= 0.3 is 0 Å². The van der Waals surface area contributed by atoms with Crippen molar-refractivity contribution in [1.82, 2.24) is 24.8 Å². The Kier molecular flexibility index (Phi) is 7.65. The van der Waals surface area contributed by atoms with Crippen LogP contribution in [0.3, 0.4) is 0 Å². The lowest BCUT2D eigenvalue weighted by Crippen LogP contribution is -2.29. The molecule has 218 valence electrons. The summed E-state index contributed by atoms with van der Waals surface area (Å²) in [6, 6.07) is 14.7. The van der Waals surface area contributed by atoms with Crippen LogP contribution < -0.4 is 15.0 Å². The van der Waals surface area contributed by atoms with E-state index in [-0.39, 0.29) is 33.5 Å². The Balaban J connectivity index is 1.29. The predicted octanol–water partition coefficient (Wildman–Crippen LogP) is 4.57. The van der Waals surface area contributed by atoms with Crippen LogP contribution in [0.4, 0.5) is 5.69 Å². The number of amides is 1. The van der Waals surface area contributed by atoms with Crippen molar-refractivity contribution in [2.24, 2.45) is 5.10 Å². The Morgan fingerprint density at radius 1 is 1.16 bits per heavy atom. The standard InChI is InChI=1S/C28H23N7O6S2/c1-40-22-6-3-5-18(25(22)41-2)21-13-20(23-7-4-12-42-23)32-34(21)24(36)15-43-28-30-26-19(27(37)31-28)14-29-33(26)16-8-10-17(11-9-16)35(38)39/h3-12,14,21H,13,15H2,1-2H3,(H,30,31,37). The summed E-state index contributed by atoms with van der Waals surface area (Å²) in [6.07, 6.45) is 1.86. The van der Waals surface area contributed by atoms with Crippen molar-refractivity contribution < 1.29 is 19.2 Å². The van der Waals surface area contributed by atoms with Crippen molar-refractivity contribution >= 4 is 51.4 Å². The minimum atomic E-state index is -0.498. The number of fused-ring (bicyclic) bond motifs is 1. The van der Waals surface area contributed by atoms with Gasteiger partial charge in [-0.3, -0.25) is 19.7 Å². The summed E-state index contributed by atoms with van der Waals surface area (Å²) in [5, 5.41) is 23.9. The molecule has 1 aliphatic rings. The Labute approximate surface area is 251 Å². The first-order valence-corrected chi connectivity index (χ1v) is 14.7. The summed E-state index contributed by atoms with van der Waals surface area (Å²) in [7, 11) is 3.11. The summed E-state index contributed by atoms with van der Waals surface area (Å²) >= 11 is 2.60. The molecule has 0 saturated carbocycles. The average Bonchev–Trinajstić information content (AvgIpc) is 3.79. The van der Waals surface area contributed by atoms with Gasteiger partial charge in [-0.2, -0.15) is 10.2 Å². The molecular formula is C28H23N7O6S2. The van der Waals surface area contributed by atoms with E-state index in [4.69, 9.17) is 14.6 Å². The summed E-state index contributed by atoms with van der Waals surface area (Å²) < 4.78 is 12.6. The van der Waals surface area contributed by atoms with Gasteiger partial charge in [0.15, 0.2) is 22.3 Å². The number of nitrogens with one attached hydrogen (secondary N) is 1. The number of aromatic nitrogens is 4. The first-order valence-electron chi connectivity index (χ1n) is 12.9. The molecule has 0 fully saturated rings. The molecule has 6 rings (SSSR count). The molecule has 1 amide bonds. The molecule has 4 heterocycles.